The van der Waals surface area contributed by atoms with Gasteiger partial charge in [-0.3, -0.25) is 0 Å². The minimum atomic E-state index is -4.61. The zero-order valence-electron chi connectivity index (χ0n) is 2.79. The summed E-state index contributed by atoms with van der Waals surface area (Å²) < 4.78 is 0. The van der Waals surface area contributed by atoms with Gasteiger partial charge in [0.05, 0.1) is 0 Å². The van der Waals surface area contributed by atoms with E-state index in [1.165, 1.54) is 0 Å². The molecule has 36 valence electrons. The molecule has 4 nitrogen and oxygen atoms in total. The summed E-state index contributed by atoms with van der Waals surface area (Å²) in [5.74, 6) is 0. The Morgan fingerprint density at radius 3 is 0.833 bits per heavy atom. The van der Waals surface area contributed by atoms with Crippen LogP contribution in [0.15, 0.2) is 0 Å². The fraction of sp³-hybridized carbons (Fsp3) is 0. The van der Waals surface area contributed by atoms with Crippen molar-refractivity contribution in [1.82, 2.24) is 0 Å². The van der Waals surface area contributed by atoms with Gasteiger partial charge in [-0.25, -0.2) is 0 Å². The normalized spacial score (nSPS) is 10.0. The Hall–Kier alpha value is 1.11. The van der Waals surface area contributed by atoms with Crippen LogP contribution >= 0.6 is 0 Å². The van der Waals surface area contributed by atoms with Gasteiger partial charge in [0.25, 0.3) is 0 Å². The molecule has 0 aliphatic carbocycles. The van der Waals surface area contributed by atoms with Gasteiger partial charge >= 0.3 is 9.05 Å². The van der Waals surface area contributed by atoms with Gasteiger partial charge < -0.3 is 19.2 Å². The molecule has 0 aromatic heterocycles. The van der Waals surface area contributed by atoms with Crippen molar-refractivity contribution in [3.05, 3.63) is 0 Å². The summed E-state index contributed by atoms with van der Waals surface area (Å²) in [6.45, 7) is 0. The van der Waals surface area contributed by atoms with Crippen molar-refractivity contribution >= 4 is 9.05 Å². The molecule has 0 saturated carbocycles. The second kappa shape index (κ2) is 3.16. The summed E-state index contributed by atoms with van der Waals surface area (Å²) >= 11 is 0. The molecule has 6 heteroatoms. The van der Waals surface area contributed by atoms with E-state index in [4.69, 9.17) is 19.2 Å². The van der Waals surface area contributed by atoms with Gasteiger partial charge in [0.2, 0.25) is 0 Å². The van der Waals surface area contributed by atoms with Crippen LogP contribution in [0.3, 0.4) is 0 Å². The quantitative estimate of drug-likeness (QED) is 0.366. The molecule has 6 heavy (non-hydrogen) atoms. The smallest absolute Gasteiger partial charge is 0.368 e. The Kier molecular flexibility index (Phi) is 5.34. The second-order valence-corrected chi connectivity index (χ2v) is 1.80. The van der Waals surface area contributed by atoms with Crippen molar-refractivity contribution in [2.24, 2.45) is 0 Å². The van der Waals surface area contributed by atoms with Gasteiger partial charge in [0.15, 0.2) is 0 Å². The average molecular weight is 334 g/mol. The summed E-state index contributed by atoms with van der Waals surface area (Å²) in [6.07, 6.45) is 0. The summed E-state index contributed by atoms with van der Waals surface area (Å²) in [5, 5.41) is 0. The molecular formula is H4O4SiU. The average Bonchev–Trinajstić information content (AvgIpc) is 0.722. The van der Waals surface area contributed by atoms with Gasteiger partial charge in [-0.15, -0.1) is 0 Å². The molecule has 0 aromatic rings. The Labute approximate surface area is 59.3 Å². The molecule has 0 radical (unpaired) electrons. The standard InChI is InChI=1S/H4O4Si.U/c1-5(2,3)4;/h1-4H;. The van der Waals surface area contributed by atoms with E-state index in [2.05, 4.69) is 0 Å². The number of rotatable bonds is 0. The van der Waals surface area contributed by atoms with Gasteiger partial charge in [-0.05, 0) is 0 Å². The molecule has 0 rings (SSSR count). The zero-order valence-corrected chi connectivity index (χ0v) is 7.95. The first-order valence-electron chi connectivity index (χ1n) is 0.894. The molecule has 0 aromatic carbocycles. The van der Waals surface area contributed by atoms with Crippen molar-refractivity contribution in [3.8, 4) is 0 Å². The first-order chi connectivity index (χ1) is 2.00. The molecule has 0 atom stereocenters. The largest absolute Gasteiger partial charge is 0.668 e. The maximum absolute atomic E-state index is 7.33. The molecule has 0 spiro atoms. The molecule has 0 bridgehead atoms. The monoisotopic (exact) mass is 334 g/mol. The molecule has 0 aliphatic heterocycles. The number of hydrogen-bond donors (Lipinski definition) is 4. The van der Waals surface area contributed by atoms with Crippen LogP contribution in [0, 0.1) is 31.1 Å². The van der Waals surface area contributed by atoms with E-state index in [-0.39, 0.29) is 31.1 Å². The van der Waals surface area contributed by atoms with E-state index < -0.39 is 9.05 Å². The molecular weight excluding hydrogens is 330 g/mol. The van der Waals surface area contributed by atoms with E-state index in [1.807, 2.05) is 0 Å². The van der Waals surface area contributed by atoms with Gasteiger partial charge in [-0.1, -0.05) is 0 Å². The molecule has 0 fully saturated rings. The minimum absolute atomic E-state index is 0. The third kappa shape index (κ3) is 70.1. The van der Waals surface area contributed by atoms with Gasteiger partial charge in [-0.2, -0.15) is 0 Å². The van der Waals surface area contributed by atoms with Gasteiger partial charge in [0, 0.05) is 31.1 Å². The van der Waals surface area contributed by atoms with Crippen LogP contribution in [0.4, 0.5) is 0 Å². The van der Waals surface area contributed by atoms with Crippen molar-refractivity contribution in [2.45, 2.75) is 0 Å². The Morgan fingerprint density at radius 2 is 0.833 bits per heavy atom. The summed E-state index contributed by atoms with van der Waals surface area (Å²) in [5.41, 5.74) is 0. The minimum Gasteiger partial charge on any atom is -0.368 e. The van der Waals surface area contributed by atoms with E-state index >= 15 is 0 Å². The Balaban J connectivity index is 0. The predicted molar refractivity (Wildman–Crippen MR) is 14.6 cm³/mol. The van der Waals surface area contributed by atoms with E-state index in [0.717, 1.165) is 0 Å². The summed E-state index contributed by atoms with van der Waals surface area (Å²) in [6, 6.07) is 0. The fourth-order valence-corrected chi connectivity index (χ4v) is 0. The first-order valence-corrected chi connectivity index (χ1v) is 2.68. The maximum atomic E-state index is 7.33. The molecule has 0 unspecified atom stereocenters. The van der Waals surface area contributed by atoms with Crippen LogP contribution in [0.25, 0.3) is 0 Å². The van der Waals surface area contributed by atoms with E-state index in [9.17, 15) is 0 Å². The zero-order chi connectivity index (χ0) is 4.50. The fourth-order valence-electron chi connectivity index (χ4n) is 0. The van der Waals surface area contributed by atoms with Crippen LogP contribution < -0.4 is 0 Å². The Morgan fingerprint density at radius 1 is 0.833 bits per heavy atom. The van der Waals surface area contributed by atoms with Gasteiger partial charge in [0.1, 0.15) is 0 Å². The van der Waals surface area contributed by atoms with Crippen LogP contribution in [-0.2, 0) is 0 Å². The van der Waals surface area contributed by atoms with Crippen molar-refractivity contribution in [3.63, 3.8) is 0 Å². The maximum Gasteiger partial charge on any atom is 0.668 e. The Bertz CT molecular complexity index is 23.0. The van der Waals surface area contributed by atoms with Crippen molar-refractivity contribution in [2.75, 3.05) is 0 Å². The van der Waals surface area contributed by atoms with E-state index in [0.29, 0.717) is 0 Å². The molecule has 4 N–H and O–H groups in total. The first kappa shape index (κ1) is 10.2. The van der Waals surface area contributed by atoms with Crippen LogP contribution in [0.2, 0.25) is 0 Å². The van der Waals surface area contributed by atoms with E-state index in [1.54, 1.807) is 0 Å². The number of hydrogen-bond acceptors (Lipinski definition) is 4. The molecule has 0 heterocycles. The molecule has 0 saturated heterocycles. The van der Waals surface area contributed by atoms with Crippen LogP contribution in [0.5, 0.6) is 0 Å². The summed E-state index contributed by atoms with van der Waals surface area (Å²) in [4.78, 5) is 29.3. The topological polar surface area (TPSA) is 80.9 Å². The van der Waals surface area contributed by atoms with Crippen molar-refractivity contribution in [1.29, 1.82) is 0 Å². The van der Waals surface area contributed by atoms with Crippen LogP contribution in [-0.4, -0.2) is 28.2 Å². The molecule has 0 amide bonds. The second-order valence-electron chi connectivity index (χ2n) is 0.600. The SMILES string of the molecule is O[Si](O)(O)O.[U]. The van der Waals surface area contributed by atoms with Crippen molar-refractivity contribution < 1.29 is 50.3 Å². The van der Waals surface area contributed by atoms with Crippen LogP contribution in [0.1, 0.15) is 0 Å². The predicted octanol–water partition coefficient (Wildman–Crippen LogP) is -2.61. The third-order valence-electron chi connectivity index (χ3n) is 0. The summed E-state index contributed by atoms with van der Waals surface area (Å²) in [7, 11) is -4.61. The third-order valence-corrected chi connectivity index (χ3v) is 0. The molecule has 0 aliphatic rings.